The Balaban J connectivity index is 2.12. The Hall–Kier alpha value is -1.33. The molecule has 0 bridgehead atoms. The molecule has 102 valence electrons. The number of aryl methyl sites for hydroxylation is 1. The lowest BCUT2D eigenvalue weighted by atomic mass is 10.3. The SMILES string of the molecule is CCn1nccc1CN(Cc1cccs1)C(=O)CCl. The lowest BCUT2D eigenvalue weighted by molar-refractivity contribution is -0.129. The third-order valence-corrected chi connectivity index (χ3v) is 3.94. The smallest absolute Gasteiger partial charge is 0.238 e. The highest BCUT2D eigenvalue weighted by Gasteiger charge is 2.15. The molecule has 0 aliphatic carbocycles. The summed E-state index contributed by atoms with van der Waals surface area (Å²) < 4.78 is 1.89. The zero-order valence-electron chi connectivity index (χ0n) is 10.8. The molecule has 0 unspecified atom stereocenters. The fourth-order valence-corrected chi connectivity index (χ4v) is 2.77. The predicted molar refractivity (Wildman–Crippen MR) is 77.2 cm³/mol. The van der Waals surface area contributed by atoms with Gasteiger partial charge in [-0.1, -0.05) is 6.07 Å². The molecule has 2 rings (SSSR count). The highest BCUT2D eigenvalue weighted by Crippen LogP contribution is 2.15. The Labute approximate surface area is 121 Å². The molecular weight excluding hydrogens is 282 g/mol. The van der Waals surface area contributed by atoms with Gasteiger partial charge >= 0.3 is 0 Å². The highest BCUT2D eigenvalue weighted by atomic mass is 35.5. The molecule has 0 aromatic carbocycles. The highest BCUT2D eigenvalue weighted by molar-refractivity contribution is 7.09. The minimum Gasteiger partial charge on any atom is -0.331 e. The van der Waals surface area contributed by atoms with E-state index in [-0.39, 0.29) is 11.8 Å². The van der Waals surface area contributed by atoms with Crippen LogP contribution in [0.15, 0.2) is 29.8 Å². The van der Waals surface area contributed by atoms with Crippen molar-refractivity contribution >= 4 is 28.8 Å². The number of hydrogen-bond acceptors (Lipinski definition) is 3. The molecule has 1 amide bonds. The molecule has 0 aliphatic rings. The maximum Gasteiger partial charge on any atom is 0.238 e. The molecule has 2 aromatic heterocycles. The second-order valence-electron chi connectivity index (χ2n) is 4.10. The first-order valence-corrected chi connectivity index (χ1v) is 7.52. The van der Waals surface area contributed by atoms with Crippen LogP contribution in [-0.4, -0.2) is 26.5 Å². The van der Waals surface area contributed by atoms with Gasteiger partial charge in [0.05, 0.1) is 18.8 Å². The molecule has 0 N–H and O–H groups in total. The van der Waals surface area contributed by atoms with Gasteiger partial charge in [-0.15, -0.1) is 22.9 Å². The van der Waals surface area contributed by atoms with Crippen molar-refractivity contribution in [2.45, 2.75) is 26.6 Å². The Morgan fingerprint density at radius 3 is 2.95 bits per heavy atom. The largest absolute Gasteiger partial charge is 0.331 e. The molecule has 0 saturated carbocycles. The second-order valence-corrected chi connectivity index (χ2v) is 5.40. The average molecular weight is 298 g/mol. The summed E-state index contributed by atoms with van der Waals surface area (Å²) in [6, 6.07) is 5.95. The van der Waals surface area contributed by atoms with Crippen molar-refractivity contribution < 1.29 is 4.79 Å². The zero-order valence-corrected chi connectivity index (χ0v) is 12.3. The zero-order chi connectivity index (χ0) is 13.7. The first-order chi connectivity index (χ1) is 9.24. The molecule has 6 heteroatoms. The lowest BCUT2D eigenvalue weighted by Gasteiger charge is -2.21. The van der Waals surface area contributed by atoms with Gasteiger partial charge in [0.2, 0.25) is 5.91 Å². The van der Waals surface area contributed by atoms with E-state index in [0.717, 1.165) is 17.1 Å². The van der Waals surface area contributed by atoms with Crippen LogP contribution in [0.3, 0.4) is 0 Å². The van der Waals surface area contributed by atoms with E-state index in [1.807, 2.05) is 35.2 Å². The molecule has 0 spiro atoms. The van der Waals surface area contributed by atoms with Crippen molar-refractivity contribution in [3.05, 3.63) is 40.3 Å². The first-order valence-electron chi connectivity index (χ1n) is 6.11. The summed E-state index contributed by atoms with van der Waals surface area (Å²) in [6.07, 6.45) is 1.76. The fourth-order valence-electron chi connectivity index (χ4n) is 1.88. The van der Waals surface area contributed by atoms with Crippen LogP contribution in [0.5, 0.6) is 0 Å². The summed E-state index contributed by atoms with van der Waals surface area (Å²) in [5, 5.41) is 6.23. The van der Waals surface area contributed by atoms with Crippen molar-refractivity contribution in [2.24, 2.45) is 0 Å². The van der Waals surface area contributed by atoms with Crippen LogP contribution in [0.4, 0.5) is 0 Å². The van der Waals surface area contributed by atoms with Crippen LogP contribution < -0.4 is 0 Å². The Bertz CT molecular complexity index is 524. The summed E-state index contributed by atoms with van der Waals surface area (Å²) in [5.41, 5.74) is 1.03. The number of amides is 1. The van der Waals surface area contributed by atoms with Crippen molar-refractivity contribution in [3.63, 3.8) is 0 Å². The number of halogens is 1. The Morgan fingerprint density at radius 2 is 2.32 bits per heavy atom. The maximum absolute atomic E-state index is 11.9. The molecule has 19 heavy (non-hydrogen) atoms. The molecular formula is C13H16ClN3OS. The third-order valence-electron chi connectivity index (χ3n) is 2.85. The van der Waals surface area contributed by atoms with Crippen LogP contribution >= 0.6 is 22.9 Å². The van der Waals surface area contributed by atoms with Gasteiger partial charge in [0.25, 0.3) is 0 Å². The number of thiophene rings is 1. The van der Waals surface area contributed by atoms with Crippen LogP contribution in [0, 0.1) is 0 Å². The minimum absolute atomic E-state index is 0.00559. The van der Waals surface area contributed by atoms with E-state index >= 15 is 0 Å². The molecule has 0 aliphatic heterocycles. The van der Waals surface area contributed by atoms with Crippen LogP contribution in [0.25, 0.3) is 0 Å². The summed E-state index contributed by atoms with van der Waals surface area (Å²) in [5.74, 6) is -0.0510. The van der Waals surface area contributed by atoms with E-state index in [1.165, 1.54) is 0 Å². The number of carbonyl (C=O) groups is 1. The van der Waals surface area contributed by atoms with Crippen LogP contribution in [-0.2, 0) is 24.4 Å². The van der Waals surface area contributed by atoms with E-state index in [4.69, 9.17) is 11.6 Å². The van der Waals surface area contributed by atoms with Crippen molar-refractivity contribution in [1.29, 1.82) is 0 Å². The number of hydrogen-bond donors (Lipinski definition) is 0. The fraction of sp³-hybridized carbons (Fsp3) is 0.385. The molecule has 2 heterocycles. The number of alkyl halides is 1. The van der Waals surface area contributed by atoms with Crippen LogP contribution in [0.1, 0.15) is 17.5 Å². The van der Waals surface area contributed by atoms with Gasteiger partial charge in [0.15, 0.2) is 0 Å². The summed E-state index contributed by atoms with van der Waals surface area (Å²) in [7, 11) is 0. The Morgan fingerprint density at radius 1 is 1.47 bits per heavy atom. The van der Waals surface area contributed by atoms with Gasteiger partial charge in [0.1, 0.15) is 5.88 Å². The number of nitrogens with zero attached hydrogens (tertiary/aromatic N) is 3. The van der Waals surface area contributed by atoms with E-state index < -0.39 is 0 Å². The monoisotopic (exact) mass is 297 g/mol. The Kier molecular flexibility index (Phi) is 4.99. The third kappa shape index (κ3) is 3.58. The summed E-state index contributed by atoms with van der Waals surface area (Å²) in [4.78, 5) is 14.9. The molecule has 0 radical (unpaired) electrons. The number of aromatic nitrogens is 2. The van der Waals surface area contributed by atoms with E-state index in [0.29, 0.717) is 13.1 Å². The summed E-state index contributed by atoms with van der Waals surface area (Å²) in [6.45, 7) is 3.96. The molecule has 0 fully saturated rings. The second kappa shape index (κ2) is 6.73. The van der Waals surface area contributed by atoms with Crippen molar-refractivity contribution in [1.82, 2.24) is 14.7 Å². The van der Waals surface area contributed by atoms with Gasteiger partial charge in [-0.3, -0.25) is 9.48 Å². The van der Waals surface area contributed by atoms with E-state index in [1.54, 1.807) is 22.4 Å². The normalized spacial score (nSPS) is 10.6. The molecule has 4 nitrogen and oxygen atoms in total. The van der Waals surface area contributed by atoms with Gasteiger partial charge in [-0.05, 0) is 24.4 Å². The maximum atomic E-state index is 11.9. The number of rotatable bonds is 6. The quantitative estimate of drug-likeness (QED) is 0.769. The average Bonchev–Trinajstić information content (AvgIpc) is 3.08. The predicted octanol–water partition coefficient (Wildman–Crippen LogP) is 2.73. The first kappa shape index (κ1) is 14.1. The summed E-state index contributed by atoms with van der Waals surface area (Å²) >= 11 is 7.33. The van der Waals surface area contributed by atoms with Crippen molar-refractivity contribution in [2.75, 3.05) is 5.88 Å². The molecule has 0 saturated heterocycles. The van der Waals surface area contributed by atoms with Gasteiger partial charge in [-0.2, -0.15) is 5.10 Å². The van der Waals surface area contributed by atoms with E-state index in [2.05, 4.69) is 5.10 Å². The molecule has 2 aromatic rings. The number of carbonyl (C=O) groups excluding carboxylic acids is 1. The van der Waals surface area contributed by atoms with E-state index in [9.17, 15) is 4.79 Å². The van der Waals surface area contributed by atoms with Crippen molar-refractivity contribution in [3.8, 4) is 0 Å². The van der Waals surface area contributed by atoms with Gasteiger partial charge in [-0.25, -0.2) is 0 Å². The van der Waals surface area contributed by atoms with Crippen LogP contribution in [0.2, 0.25) is 0 Å². The van der Waals surface area contributed by atoms with Gasteiger partial charge < -0.3 is 4.90 Å². The van der Waals surface area contributed by atoms with Gasteiger partial charge in [0, 0.05) is 17.6 Å². The molecule has 0 atom stereocenters. The standard InChI is InChI=1S/C13H16ClN3OS/c1-2-17-11(5-6-15-17)9-16(13(18)8-14)10-12-4-3-7-19-12/h3-7H,2,8-10H2,1H3. The topological polar surface area (TPSA) is 38.1 Å². The lowest BCUT2D eigenvalue weighted by Crippen LogP contribution is -2.31. The minimum atomic E-state index is -0.0566.